The molecule has 1 fully saturated rings. The Bertz CT molecular complexity index is 479. The molecule has 1 amide bonds. The maximum absolute atomic E-state index is 11.8. The first-order chi connectivity index (χ1) is 9.87. The van der Waals surface area contributed by atoms with Crippen molar-refractivity contribution in [2.45, 2.75) is 38.8 Å². The molecule has 1 N–H and O–H groups in total. The minimum atomic E-state index is -0.460. The molecular formula is C16H24N2O3. The van der Waals surface area contributed by atoms with Crippen molar-refractivity contribution in [2.75, 3.05) is 25.1 Å². The Kier molecular flexibility index (Phi) is 4.60. The van der Waals surface area contributed by atoms with Crippen molar-refractivity contribution < 1.29 is 14.3 Å². The average Bonchev–Trinajstić information content (AvgIpc) is 2.85. The number of nitrogens with one attached hydrogen (secondary N) is 1. The van der Waals surface area contributed by atoms with Crippen molar-refractivity contribution in [1.29, 1.82) is 0 Å². The molecule has 0 bridgehead atoms. The van der Waals surface area contributed by atoms with Crippen LogP contribution in [0.2, 0.25) is 0 Å². The summed E-state index contributed by atoms with van der Waals surface area (Å²) in [5, 5.41) is 2.93. The van der Waals surface area contributed by atoms with Gasteiger partial charge in [0, 0.05) is 18.8 Å². The predicted molar refractivity (Wildman–Crippen MR) is 83.0 cm³/mol. The van der Waals surface area contributed by atoms with E-state index in [1.807, 2.05) is 45.0 Å². The number of amides is 1. The predicted octanol–water partition coefficient (Wildman–Crippen LogP) is 2.80. The lowest BCUT2D eigenvalue weighted by molar-refractivity contribution is 0.0509. The number of carbonyl (C=O) groups excluding carboxylic acids is 1. The Morgan fingerprint density at radius 1 is 1.29 bits per heavy atom. The van der Waals surface area contributed by atoms with E-state index >= 15 is 0 Å². The lowest BCUT2D eigenvalue weighted by Crippen LogP contribution is -2.40. The highest BCUT2D eigenvalue weighted by molar-refractivity contribution is 5.68. The molecule has 1 aromatic carbocycles. The molecule has 1 unspecified atom stereocenters. The van der Waals surface area contributed by atoms with Gasteiger partial charge in [-0.2, -0.15) is 0 Å². The number of ether oxygens (including phenoxy) is 2. The summed E-state index contributed by atoms with van der Waals surface area (Å²) in [4.78, 5) is 14.0. The van der Waals surface area contributed by atoms with Crippen LogP contribution in [-0.2, 0) is 4.74 Å². The third kappa shape index (κ3) is 4.55. The molecule has 116 valence electrons. The molecule has 2 rings (SSSR count). The van der Waals surface area contributed by atoms with Crippen molar-refractivity contribution in [2.24, 2.45) is 0 Å². The van der Waals surface area contributed by atoms with Gasteiger partial charge in [0.15, 0.2) is 0 Å². The van der Waals surface area contributed by atoms with Crippen molar-refractivity contribution in [3.8, 4) is 5.75 Å². The molecule has 1 heterocycles. The van der Waals surface area contributed by atoms with E-state index in [9.17, 15) is 4.79 Å². The van der Waals surface area contributed by atoms with Crippen LogP contribution in [0, 0.1) is 0 Å². The van der Waals surface area contributed by atoms with Crippen molar-refractivity contribution >= 4 is 11.8 Å². The summed E-state index contributed by atoms with van der Waals surface area (Å²) < 4.78 is 10.4. The number of alkyl carbamates (subject to hydrolysis) is 1. The van der Waals surface area contributed by atoms with Crippen LogP contribution in [0.5, 0.6) is 5.75 Å². The zero-order valence-corrected chi connectivity index (χ0v) is 13.2. The third-order valence-corrected chi connectivity index (χ3v) is 3.35. The van der Waals surface area contributed by atoms with E-state index in [-0.39, 0.29) is 12.1 Å². The zero-order valence-electron chi connectivity index (χ0n) is 13.2. The van der Waals surface area contributed by atoms with Crippen LogP contribution in [0.3, 0.4) is 0 Å². The second-order valence-corrected chi connectivity index (χ2v) is 6.28. The van der Waals surface area contributed by atoms with Crippen LogP contribution >= 0.6 is 0 Å². The van der Waals surface area contributed by atoms with E-state index in [2.05, 4.69) is 10.2 Å². The maximum atomic E-state index is 11.8. The summed E-state index contributed by atoms with van der Waals surface area (Å²) in [5.41, 5.74) is 0.683. The monoisotopic (exact) mass is 292 g/mol. The summed E-state index contributed by atoms with van der Waals surface area (Å²) in [6, 6.07) is 8.10. The summed E-state index contributed by atoms with van der Waals surface area (Å²) in [7, 11) is 1.66. The van der Waals surface area contributed by atoms with Crippen molar-refractivity contribution in [3.63, 3.8) is 0 Å². The fourth-order valence-corrected chi connectivity index (χ4v) is 2.38. The van der Waals surface area contributed by atoms with Gasteiger partial charge in [-0.15, -0.1) is 0 Å². The van der Waals surface area contributed by atoms with E-state index in [0.29, 0.717) is 0 Å². The van der Waals surface area contributed by atoms with E-state index in [1.165, 1.54) is 0 Å². The van der Waals surface area contributed by atoms with E-state index in [0.717, 1.165) is 30.9 Å². The molecule has 1 saturated heterocycles. The smallest absolute Gasteiger partial charge is 0.407 e. The second kappa shape index (κ2) is 6.24. The highest BCUT2D eigenvalue weighted by atomic mass is 16.6. The number of methoxy groups -OCH3 is 1. The quantitative estimate of drug-likeness (QED) is 0.930. The Labute approximate surface area is 126 Å². The summed E-state index contributed by atoms with van der Waals surface area (Å²) in [6.45, 7) is 7.32. The van der Waals surface area contributed by atoms with Crippen LogP contribution < -0.4 is 15.0 Å². The molecular weight excluding hydrogens is 268 g/mol. The number of rotatable bonds is 3. The molecule has 0 saturated carbocycles. The second-order valence-electron chi connectivity index (χ2n) is 6.28. The molecule has 1 aliphatic heterocycles. The highest BCUT2D eigenvalue weighted by Gasteiger charge is 2.26. The fraction of sp³-hybridized carbons (Fsp3) is 0.562. The first-order valence-electron chi connectivity index (χ1n) is 7.26. The number of benzene rings is 1. The molecule has 0 spiro atoms. The first-order valence-corrected chi connectivity index (χ1v) is 7.26. The molecule has 0 radical (unpaired) electrons. The summed E-state index contributed by atoms with van der Waals surface area (Å²) >= 11 is 0. The molecule has 0 aliphatic carbocycles. The molecule has 5 nitrogen and oxygen atoms in total. The number of hydrogen-bond donors (Lipinski definition) is 1. The summed E-state index contributed by atoms with van der Waals surface area (Å²) in [5.74, 6) is 0.848. The lowest BCUT2D eigenvalue weighted by atomic mass is 10.2. The van der Waals surface area contributed by atoms with Gasteiger partial charge in [-0.05, 0) is 51.5 Å². The van der Waals surface area contributed by atoms with Crippen molar-refractivity contribution in [3.05, 3.63) is 24.3 Å². The Morgan fingerprint density at radius 2 is 1.95 bits per heavy atom. The lowest BCUT2D eigenvalue weighted by Gasteiger charge is -2.22. The maximum Gasteiger partial charge on any atom is 0.407 e. The number of hydrogen-bond acceptors (Lipinski definition) is 4. The molecule has 0 aromatic heterocycles. The van der Waals surface area contributed by atoms with E-state index < -0.39 is 5.60 Å². The Morgan fingerprint density at radius 3 is 2.52 bits per heavy atom. The highest BCUT2D eigenvalue weighted by Crippen LogP contribution is 2.23. The van der Waals surface area contributed by atoms with Gasteiger partial charge in [-0.3, -0.25) is 0 Å². The molecule has 1 aliphatic rings. The molecule has 5 heteroatoms. The van der Waals surface area contributed by atoms with Gasteiger partial charge in [0.25, 0.3) is 0 Å². The van der Waals surface area contributed by atoms with E-state index in [4.69, 9.17) is 9.47 Å². The Balaban J connectivity index is 1.86. The van der Waals surface area contributed by atoms with Crippen LogP contribution in [0.1, 0.15) is 27.2 Å². The fourth-order valence-electron chi connectivity index (χ4n) is 2.38. The minimum absolute atomic E-state index is 0.127. The van der Waals surface area contributed by atoms with Crippen LogP contribution in [0.15, 0.2) is 24.3 Å². The first kappa shape index (κ1) is 15.5. The molecule has 1 aromatic rings. The minimum Gasteiger partial charge on any atom is -0.497 e. The van der Waals surface area contributed by atoms with Crippen molar-refractivity contribution in [1.82, 2.24) is 5.32 Å². The topological polar surface area (TPSA) is 50.8 Å². The van der Waals surface area contributed by atoms with Crippen LogP contribution in [0.25, 0.3) is 0 Å². The number of nitrogens with zero attached hydrogens (tertiary/aromatic N) is 1. The number of anilines is 1. The molecule has 1 atom stereocenters. The van der Waals surface area contributed by atoms with Gasteiger partial charge >= 0.3 is 6.09 Å². The normalized spacial score (nSPS) is 18.5. The van der Waals surface area contributed by atoms with Gasteiger partial charge in [0.05, 0.1) is 13.2 Å². The average molecular weight is 292 g/mol. The van der Waals surface area contributed by atoms with Crippen LogP contribution in [-0.4, -0.2) is 37.9 Å². The zero-order chi connectivity index (χ0) is 15.5. The van der Waals surface area contributed by atoms with E-state index in [1.54, 1.807) is 7.11 Å². The number of carbonyl (C=O) groups is 1. The Hall–Kier alpha value is -1.91. The standard InChI is InChI=1S/C16H24N2O3/c1-16(2,3)21-15(19)17-12-9-10-18(11-12)13-5-7-14(20-4)8-6-13/h5-8,12H,9-11H2,1-4H3,(H,17,19). The molecule has 21 heavy (non-hydrogen) atoms. The van der Waals surface area contributed by atoms with Gasteiger partial charge in [0.1, 0.15) is 11.4 Å². The largest absolute Gasteiger partial charge is 0.497 e. The van der Waals surface area contributed by atoms with Gasteiger partial charge < -0.3 is 19.7 Å². The van der Waals surface area contributed by atoms with Crippen LogP contribution in [0.4, 0.5) is 10.5 Å². The van der Waals surface area contributed by atoms with Gasteiger partial charge in [-0.1, -0.05) is 0 Å². The third-order valence-electron chi connectivity index (χ3n) is 3.35. The summed E-state index contributed by atoms with van der Waals surface area (Å²) in [6.07, 6.45) is 0.578. The van der Waals surface area contributed by atoms with Gasteiger partial charge in [-0.25, -0.2) is 4.79 Å². The SMILES string of the molecule is COc1ccc(N2CCC(NC(=O)OC(C)(C)C)C2)cc1. The van der Waals surface area contributed by atoms with Gasteiger partial charge in [0.2, 0.25) is 0 Å².